The van der Waals surface area contributed by atoms with Gasteiger partial charge in [-0.25, -0.2) is 9.37 Å². The molecule has 1 aliphatic rings. The SMILES string of the molecule is COc1ccc(Nc2ncc(F)c(NC3CC(C)(C)N(C)C3(C)C)n2)cc1Cl. The molecule has 28 heavy (non-hydrogen) atoms. The lowest BCUT2D eigenvalue weighted by molar-refractivity contribution is 0.112. The van der Waals surface area contributed by atoms with Gasteiger partial charge in [-0.05, 0) is 59.4 Å². The van der Waals surface area contributed by atoms with E-state index in [1.165, 1.54) is 6.20 Å². The molecule has 1 atom stereocenters. The van der Waals surface area contributed by atoms with Crippen molar-refractivity contribution in [2.45, 2.75) is 51.2 Å². The number of hydrogen-bond acceptors (Lipinski definition) is 6. The Balaban J connectivity index is 1.81. The molecule has 1 fully saturated rings. The van der Waals surface area contributed by atoms with Gasteiger partial charge in [0.05, 0.1) is 18.3 Å². The molecule has 1 saturated heterocycles. The second-order valence-electron chi connectivity index (χ2n) is 8.29. The van der Waals surface area contributed by atoms with Crippen molar-refractivity contribution in [2.24, 2.45) is 0 Å². The van der Waals surface area contributed by atoms with Gasteiger partial charge in [0.1, 0.15) is 5.75 Å². The summed E-state index contributed by atoms with van der Waals surface area (Å²) in [4.78, 5) is 10.7. The summed E-state index contributed by atoms with van der Waals surface area (Å²) in [5.74, 6) is 0.557. The van der Waals surface area contributed by atoms with E-state index in [-0.39, 0.29) is 28.9 Å². The molecule has 152 valence electrons. The lowest BCUT2D eigenvalue weighted by Crippen LogP contribution is -2.49. The highest BCUT2D eigenvalue weighted by molar-refractivity contribution is 6.32. The normalized spacial score (nSPS) is 20.8. The van der Waals surface area contributed by atoms with E-state index < -0.39 is 5.82 Å². The van der Waals surface area contributed by atoms with Gasteiger partial charge in [-0.3, -0.25) is 4.90 Å². The molecule has 0 bridgehead atoms. The molecule has 0 saturated carbocycles. The predicted molar refractivity (Wildman–Crippen MR) is 111 cm³/mol. The molecule has 0 amide bonds. The zero-order chi connectivity index (χ0) is 20.7. The van der Waals surface area contributed by atoms with Gasteiger partial charge < -0.3 is 15.4 Å². The molecule has 1 aliphatic heterocycles. The third kappa shape index (κ3) is 3.86. The van der Waals surface area contributed by atoms with Gasteiger partial charge in [0.25, 0.3) is 0 Å². The predicted octanol–water partition coefficient (Wildman–Crippen LogP) is 4.69. The molecule has 2 aromatic rings. The van der Waals surface area contributed by atoms with Gasteiger partial charge >= 0.3 is 0 Å². The Hall–Kier alpha value is -2.12. The van der Waals surface area contributed by atoms with Crippen LogP contribution in [0.25, 0.3) is 0 Å². The number of hydrogen-bond donors (Lipinski definition) is 2. The summed E-state index contributed by atoms with van der Waals surface area (Å²) in [6, 6.07) is 5.28. The fourth-order valence-electron chi connectivity index (χ4n) is 3.69. The second-order valence-corrected chi connectivity index (χ2v) is 8.70. The fourth-order valence-corrected chi connectivity index (χ4v) is 3.95. The van der Waals surface area contributed by atoms with Crippen molar-refractivity contribution in [3.63, 3.8) is 0 Å². The van der Waals surface area contributed by atoms with E-state index in [0.29, 0.717) is 16.5 Å². The molecule has 0 spiro atoms. The maximum Gasteiger partial charge on any atom is 0.229 e. The quantitative estimate of drug-likeness (QED) is 0.749. The molecule has 1 aromatic heterocycles. The van der Waals surface area contributed by atoms with E-state index in [1.54, 1.807) is 25.3 Å². The maximum absolute atomic E-state index is 14.4. The molecular formula is C20H27ClFN5O. The Labute approximate surface area is 170 Å². The molecule has 1 unspecified atom stereocenters. The van der Waals surface area contributed by atoms with Crippen LogP contribution in [0.5, 0.6) is 5.75 Å². The van der Waals surface area contributed by atoms with Crippen LogP contribution in [0.3, 0.4) is 0 Å². The van der Waals surface area contributed by atoms with Crippen molar-refractivity contribution < 1.29 is 9.13 Å². The smallest absolute Gasteiger partial charge is 0.229 e. The summed E-state index contributed by atoms with van der Waals surface area (Å²) in [5, 5.41) is 6.81. The molecule has 8 heteroatoms. The van der Waals surface area contributed by atoms with E-state index >= 15 is 0 Å². The molecule has 6 nitrogen and oxygen atoms in total. The van der Waals surface area contributed by atoms with Crippen molar-refractivity contribution in [3.8, 4) is 5.75 Å². The van der Waals surface area contributed by atoms with Crippen LogP contribution in [0.15, 0.2) is 24.4 Å². The number of halogens is 2. The van der Waals surface area contributed by atoms with Crippen molar-refractivity contribution in [3.05, 3.63) is 35.2 Å². The summed E-state index contributed by atoms with van der Waals surface area (Å²) in [7, 11) is 3.65. The number of methoxy groups -OCH3 is 1. The lowest BCUT2D eigenvalue weighted by atomic mass is 9.94. The minimum absolute atomic E-state index is 0.00555. The summed E-state index contributed by atoms with van der Waals surface area (Å²) >= 11 is 6.15. The number of benzene rings is 1. The lowest BCUT2D eigenvalue weighted by Gasteiger charge is -2.38. The van der Waals surface area contributed by atoms with Crippen LogP contribution >= 0.6 is 11.6 Å². The van der Waals surface area contributed by atoms with Crippen molar-refractivity contribution in [1.29, 1.82) is 0 Å². The number of ether oxygens (including phenoxy) is 1. The standard InChI is InChI=1S/C20H27ClFN5O/c1-19(2)10-16(20(3,4)27(19)5)25-17-14(22)11-23-18(26-17)24-12-7-8-15(28-6)13(21)9-12/h7-9,11,16H,10H2,1-6H3,(H2,23,24,25,26). The largest absolute Gasteiger partial charge is 0.495 e. The molecule has 1 aromatic carbocycles. The summed E-state index contributed by atoms with van der Waals surface area (Å²) in [5.41, 5.74) is 0.536. The minimum atomic E-state index is -0.485. The Morgan fingerprint density at radius 2 is 2.00 bits per heavy atom. The number of anilines is 3. The first-order chi connectivity index (χ1) is 13.0. The van der Waals surface area contributed by atoms with E-state index in [2.05, 4.69) is 60.2 Å². The molecular weight excluding hydrogens is 381 g/mol. The van der Waals surface area contributed by atoms with E-state index in [0.717, 1.165) is 6.42 Å². The van der Waals surface area contributed by atoms with Gasteiger partial charge in [0.15, 0.2) is 11.6 Å². The van der Waals surface area contributed by atoms with E-state index in [4.69, 9.17) is 16.3 Å². The zero-order valence-electron chi connectivity index (χ0n) is 17.1. The molecule has 0 aliphatic carbocycles. The van der Waals surface area contributed by atoms with Crippen molar-refractivity contribution >= 4 is 29.1 Å². The monoisotopic (exact) mass is 407 g/mol. The number of aromatic nitrogens is 2. The highest BCUT2D eigenvalue weighted by Gasteiger charge is 2.49. The maximum atomic E-state index is 14.4. The van der Waals surface area contributed by atoms with Crippen LogP contribution in [0.4, 0.5) is 21.8 Å². The first-order valence-corrected chi connectivity index (χ1v) is 9.56. The number of likely N-dealkylation sites (tertiary alicyclic amines) is 1. The first-order valence-electron chi connectivity index (χ1n) is 9.18. The van der Waals surface area contributed by atoms with Gasteiger partial charge in [0.2, 0.25) is 5.95 Å². The van der Waals surface area contributed by atoms with Crippen molar-refractivity contribution in [2.75, 3.05) is 24.8 Å². The Morgan fingerprint density at radius 1 is 1.29 bits per heavy atom. The van der Waals surface area contributed by atoms with Gasteiger partial charge in [-0.15, -0.1) is 0 Å². The van der Waals surface area contributed by atoms with Gasteiger partial charge in [-0.1, -0.05) is 11.6 Å². The summed E-state index contributed by atoms with van der Waals surface area (Å²) < 4.78 is 19.5. The Bertz CT molecular complexity index is 874. The van der Waals surface area contributed by atoms with Crippen LogP contribution < -0.4 is 15.4 Å². The number of likely N-dealkylation sites (N-methyl/N-ethyl adjacent to an activating group) is 1. The topological polar surface area (TPSA) is 62.3 Å². The average molecular weight is 408 g/mol. The fraction of sp³-hybridized carbons (Fsp3) is 0.500. The van der Waals surface area contributed by atoms with Crippen LogP contribution in [-0.4, -0.2) is 46.1 Å². The van der Waals surface area contributed by atoms with Crippen LogP contribution in [-0.2, 0) is 0 Å². The molecule has 2 N–H and O–H groups in total. The van der Waals surface area contributed by atoms with Crippen LogP contribution in [0.2, 0.25) is 5.02 Å². The third-order valence-electron chi connectivity index (χ3n) is 5.79. The summed E-state index contributed by atoms with van der Waals surface area (Å²) in [6.07, 6.45) is 2.04. The van der Waals surface area contributed by atoms with Gasteiger partial charge in [0, 0.05) is 22.8 Å². The molecule has 0 radical (unpaired) electrons. The summed E-state index contributed by atoms with van der Waals surface area (Å²) in [6.45, 7) is 8.67. The first kappa shape index (κ1) is 20.6. The van der Waals surface area contributed by atoms with Crippen LogP contribution in [0.1, 0.15) is 34.1 Å². The third-order valence-corrected chi connectivity index (χ3v) is 6.09. The van der Waals surface area contributed by atoms with Crippen LogP contribution in [0, 0.1) is 5.82 Å². The van der Waals surface area contributed by atoms with Crippen molar-refractivity contribution in [1.82, 2.24) is 14.9 Å². The minimum Gasteiger partial charge on any atom is -0.495 e. The zero-order valence-corrected chi connectivity index (χ0v) is 17.9. The van der Waals surface area contributed by atoms with E-state index in [1.807, 2.05) is 0 Å². The number of nitrogens with one attached hydrogen (secondary N) is 2. The molecule has 2 heterocycles. The highest BCUT2D eigenvalue weighted by Crippen LogP contribution is 2.40. The molecule has 3 rings (SSSR count). The van der Waals surface area contributed by atoms with E-state index in [9.17, 15) is 4.39 Å². The Morgan fingerprint density at radius 3 is 2.57 bits per heavy atom. The number of nitrogens with zero attached hydrogens (tertiary/aromatic N) is 3. The highest BCUT2D eigenvalue weighted by atomic mass is 35.5. The second kappa shape index (κ2) is 7.37. The van der Waals surface area contributed by atoms with Gasteiger partial charge in [-0.2, -0.15) is 4.98 Å². The Kier molecular flexibility index (Phi) is 5.42. The average Bonchev–Trinajstić information content (AvgIpc) is 2.77. The number of rotatable bonds is 5.